The molecule has 0 saturated carbocycles. The number of aryl methyl sites for hydroxylation is 2. The van der Waals surface area contributed by atoms with Crippen LogP contribution in [-0.2, 0) is 13.5 Å². The third-order valence-corrected chi connectivity index (χ3v) is 5.33. The second-order valence-electron chi connectivity index (χ2n) is 5.38. The molecule has 2 unspecified atom stereocenters. The summed E-state index contributed by atoms with van der Waals surface area (Å²) in [7, 11) is 5.72. The first-order valence-electron chi connectivity index (χ1n) is 7.20. The van der Waals surface area contributed by atoms with Crippen molar-refractivity contribution in [2.45, 2.75) is 29.0 Å². The Balaban J connectivity index is 1.86. The van der Waals surface area contributed by atoms with Gasteiger partial charge >= 0.3 is 0 Å². The normalized spacial score (nSPS) is 21.1. The van der Waals surface area contributed by atoms with E-state index in [0.717, 1.165) is 12.2 Å². The van der Waals surface area contributed by atoms with E-state index in [-0.39, 0.29) is 0 Å². The number of methoxy groups -OCH3 is 1. The Morgan fingerprint density at radius 3 is 2.95 bits per heavy atom. The second-order valence-corrected chi connectivity index (χ2v) is 6.69. The molecule has 2 aromatic rings. The van der Waals surface area contributed by atoms with Gasteiger partial charge in [0.25, 0.3) is 0 Å². The summed E-state index contributed by atoms with van der Waals surface area (Å²) in [6.45, 7) is 0. The molecule has 112 valence electrons. The van der Waals surface area contributed by atoms with Crippen LogP contribution in [0.2, 0.25) is 0 Å². The molecule has 5 heteroatoms. The van der Waals surface area contributed by atoms with Crippen molar-refractivity contribution in [2.24, 2.45) is 7.05 Å². The average Bonchev–Trinajstić information content (AvgIpc) is 2.91. The van der Waals surface area contributed by atoms with E-state index < -0.39 is 0 Å². The lowest BCUT2D eigenvalue weighted by atomic mass is 9.87. The number of thioether (sulfide) groups is 1. The number of ether oxygens (including phenoxy) is 1. The van der Waals surface area contributed by atoms with Crippen LogP contribution in [0.1, 0.15) is 23.6 Å². The lowest BCUT2D eigenvalue weighted by Crippen LogP contribution is -2.32. The van der Waals surface area contributed by atoms with Crippen molar-refractivity contribution >= 4 is 11.8 Å². The SMILES string of the molecule is CNC1c2cc(OC)ccc2CCC1Sc1cnn(C)c1. The van der Waals surface area contributed by atoms with E-state index in [1.54, 1.807) is 7.11 Å². The van der Waals surface area contributed by atoms with Crippen LogP contribution >= 0.6 is 11.8 Å². The lowest BCUT2D eigenvalue weighted by Gasteiger charge is -2.33. The summed E-state index contributed by atoms with van der Waals surface area (Å²) in [6.07, 6.45) is 6.32. The smallest absolute Gasteiger partial charge is 0.119 e. The average molecular weight is 303 g/mol. The Kier molecular flexibility index (Phi) is 4.22. The monoisotopic (exact) mass is 303 g/mol. The molecular formula is C16H21N3OS. The topological polar surface area (TPSA) is 39.1 Å². The number of aromatic nitrogens is 2. The fourth-order valence-electron chi connectivity index (χ4n) is 2.98. The summed E-state index contributed by atoms with van der Waals surface area (Å²) in [4.78, 5) is 1.23. The first kappa shape index (κ1) is 14.5. The molecule has 0 amide bonds. The molecule has 1 heterocycles. The molecule has 0 spiro atoms. The van der Waals surface area contributed by atoms with Gasteiger partial charge in [0.2, 0.25) is 0 Å². The van der Waals surface area contributed by atoms with Crippen LogP contribution in [0.4, 0.5) is 0 Å². The highest BCUT2D eigenvalue weighted by atomic mass is 32.2. The van der Waals surface area contributed by atoms with Crippen LogP contribution < -0.4 is 10.1 Å². The summed E-state index contributed by atoms with van der Waals surface area (Å²) in [5.74, 6) is 0.932. The molecule has 2 atom stereocenters. The number of rotatable bonds is 4. The maximum Gasteiger partial charge on any atom is 0.119 e. The van der Waals surface area contributed by atoms with Crippen LogP contribution in [0.15, 0.2) is 35.5 Å². The quantitative estimate of drug-likeness (QED) is 0.943. The largest absolute Gasteiger partial charge is 0.497 e. The van der Waals surface area contributed by atoms with Gasteiger partial charge in [-0.25, -0.2) is 0 Å². The summed E-state index contributed by atoms with van der Waals surface area (Å²) in [5, 5.41) is 8.26. The Morgan fingerprint density at radius 1 is 1.43 bits per heavy atom. The number of benzene rings is 1. The van der Waals surface area contributed by atoms with Gasteiger partial charge in [0.05, 0.1) is 13.3 Å². The minimum Gasteiger partial charge on any atom is -0.497 e. The zero-order valence-electron chi connectivity index (χ0n) is 12.7. The number of hydrogen-bond donors (Lipinski definition) is 1. The standard InChI is InChI=1S/C16H21N3OS/c1-17-16-14-8-12(20-3)6-4-11(14)5-7-15(16)21-13-9-18-19(2)10-13/h4,6,8-10,15-17H,5,7H2,1-3H3. The van der Waals surface area contributed by atoms with E-state index in [1.165, 1.54) is 22.4 Å². The molecule has 0 radical (unpaired) electrons. The maximum absolute atomic E-state index is 5.38. The Hall–Kier alpha value is -1.46. The van der Waals surface area contributed by atoms with Gasteiger partial charge in [-0.2, -0.15) is 5.10 Å². The van der Waals surface area contributed by atoms with Crippen molar-refractivity contribution < 1.29 is 4.74 Å². The summed E-state index contributed by atoms with van der Waals surface area (Å²) < 4.78 is 7.24. The third kappa shape index (κ3) is 2.94. The van der Waals surface area contributed by atoms with Crippen LogP contribution in [0, 0.1) is 0 Å². The lowest BCUT2D eigenvalue weighted by molar-refractivity contribution is 0.411. The van der Waals surface area contributed by atoms with Crippen LogP contribution in [-0.4, -0.2) is 29.2 Å². The summed E-state index contributed by atoms with van der Waals surface area (Å²) >= 11 is 1.91. The first-order valence-corrected chi connectivity index (χ1v) is 8.08. The van der Waals surface area contributed by atoms with E-state index in [2.05, 4.69) is 34.8 Å². The molecule has 4 nitrogen and oxygen atoms in total. The fraction of sp³-hybridized carbons (Fsp3) is 0.438. The van der Waals surface area contributed by atoms with Crippen molar-refractivity contribution in [1.82, 2.24) is 15.1 Å². The van der Waals surface area contributed by atoms with E-state index >= 15 is 0 Å². The van der Waals surface area contributed by atoms with Crippen LogP contribution in [0.25, 0.3) is 0 Å². The molecule has 1 aliphatic carbocycles. The molecule has 1 aliphatic rings. The van der Waals surface area contributed by atoms with Gasteiger partial charge in [-0.05, 0) is 43.1 Å². The Labute approximate surface area is 129 Å². The van der Waals surface area contributed by atoms with Gasteiger partial charge in [-0.3, -0.25) is 4.68 Å². The molecule has 0 bridgehead atoms. The summed E-state index contributed by atoms with van der Waals surface area (Å²) in [6, 6.07) is 6.77. The van der Waals surface area contributed by atoms with Gasteiger partial charge in [-0.1, -0.05) is 6.07 Å². The number of fused-ring (bicyclic) bond motifs is 1. The van der Waals surface area contributed by atoms with E-state index in [9.17, 15) is 0 Å². The minimum atomic E-state index is 0.342. The Morgan fingerprint density at radius 2 is 2.29 bits per heavy atom. The number of hydrogen-bond acceptors (Lipinski definition) is 4. The van der Waals surface area contributed by atoms with Gasteiger partial charge in [-0.15, -0.1) is 11.8 Å². The van der Waals surface area contributed by atoms with Crippen molar-refractivity contribution in [3.63, 3.8) is 0 Å². The predicted molar refractivity (Wildman–Crippen MR) is 86.0 cm³/mol. The van der Waals surface area contributed by atoms with Crippen molar-refractivity contribution in [3.8, 4) is 5.75 Å². The number of nitrogens with zero attached hydrogens (tertiary/aromatic N) is 2. The maximum atomic E-state index is 5.38. The molecule has 1 N–H and O–H groups in total. The molecule has 0 saturated heterocycles. The molecule has 3 rings (SSSR count). The summed E-state index contributed by atoms with van der Waals surface area (Å²) in [5.41, 5.74) is 2.79. The molecule has 21 heavy (non-hydrogen) atoms. The van der Waals surface area contributed by atoms with Crippen molar-refractivity contribution in [3.05, 3.63) is 41.7 Å². The molecule has 0 aliphatic heterocycles. The second kappa shape index (κ2) is 6.12. The zero-order valence-corrected chi connectivity index (χ0v) is 13.5. The van der Waals surface area contributed by atoms with Gasteiger partial charge in [0.1, 0.15) is 5.75 Å². The predicted octanol–water partition coefficient (Wildman–Crippen LogP) is 2.80. The van der Waals surface area contributed by atoms with E-state index in [1.807, 2.05) is 36.7 Å². The van der Waals surface area contributed by atoms with Crippen LogP contribution in [0.5, 0.6) is 5.75 Å². The minimum absolute atomic E-state index is 0.342. The van der Waals surface area contributed by atoms with E-state index in [0.29, 0.717) is 11.3 Å². The molecule has 0 fully saturated rings. The third-order valence-electron chi connectivity index (χ3n) is 4.04. The molecule has 1 aromatic carbocycles. The van der Waals surface area contributed by atoms with Crippen molar-refractivity contribution in [2.75, 3.05) is 14.2 Å². The molecular weight excluding hydrogens is 282 g/mol. The highest BCUT2D eigenvalue weighted by molar-refractivity contribution is 8.00. The molecule has 1 aromatic heterocycles. The van der Waals surface area contributed by atoms with Gasteiger partial charge < -0.3 is 10.1 Å². The van der Waals surface area contributed by atoms with Gasteiger partial charge in [0.15, 0.2) is 0 Å². The van der Waals surface area contributed by atoms with Gasteiger partial charge in [0, 0.05) is 29.4 Å². The Bertz CT molecular complexity index is 626. The number of nitrogens with one attached hydrogen (secondary N) is 1. The first-order chi connectivity index (χ1) is 10.2. The highest BCUT2D eigenvalue weighted by Gasteiger charge is 2.29. The fourth-order valence-corrected chi connectivity index (χ4v) is 4.31. The van der Waals surface area contributed by atoms with Crippen molar-refractivity contribution in [1.29, 1.82) is 0 Å². The zero-order chi connectivity index (χ0) is 14.8. The highest BCUT2D eigenvalue weighted by Crippen LogP contribution is 2.40. The van der Waals surface area contributed by atoms with Crippen LogP contribution in [0.3, 0.4) is 0 Å². The van der Waals surface area contributed by atoms with E-state index in [4.69, 9.17) is 4.74 Å².